The lowest BCUT2D eigenvalue weighted by Crippen LogP contribution is -1.97. The van der Waals surface area contributed by atoms with Gasteiger partial charge in [-0.25, -0.2) is 9.59 Å². The van der Waals surface area contributed by atoms with E-state index in [0.717, 1.165) is 38.5 Å². The number of carbonyl (C=O) groups is 4. The lowest BCUT2D eigenvalue weighted by Gasteiger charge is -2.01. The van der Waals surface area contributed by atoms with Gasteiger partial charge in [0.1, 0.15) is 0 Å². The molecule has 0 amide bonds. The molecule has 0 saturated carbocycles. The van der Waals surface area contributed by atoms with E-state index in [0.29, 0.717) is 10.8 Å². The normalized spacial score (nSPS) is 10.1. The molecule has 0 fully saturated rings. The van der Waals surface area contributed by atoms with Crippen LogP contribution in [0.4, 0.5) is 0 Å². The molecule has 0 bridgehead atoms. The third-order valence-corrected chi connectivity index (χ3v) is 4.37. The molecule has 0 aliphatic carbocycles. The summed E-state index contributed by atoms with van der Waals surface area (Å²) >= 11 is 0. The summed E-state index contributed by atoms with van der Waals surface area (Å²) in [5.74, 6) is -3.47. The first-order chi connectivity index (χ1) is 14.2. The van der Waals surface area contributed by atoms with Crippen LogP contribution in [0.25, 0.3) is 10.8 Å². The van der Waals surface area contributed by atoms with Crippen molar-refractivity contribution in [2.45, 2.75) is 51.4 Å². The van der Waals surface area contributed by atoms with Crippen molar-refractivity contribution >= 4 is 34.6 Å². The minimum atomic E-state index is -0.996. The molecule has 0 aliphatic heterocycles. The monoisotopic (exact) mass is 418 g/mol. The summed E-state index contributed by atoms with van der Waals surface area (Å²) in [5.41, 5.74) is 0.381. The Kier molecular flexibility index (Phi) is 10.6. The molecule has 2 rings (SSSR count). The lowest BCUT2D eigenvalue weighted by atomic mass is 10.0. The number of aromatic carboxylic acids is 2. The number of rotatable bonds is 11. The van der Waals surface area contributed by atoms with Crippen molar-refractivity contribution in [2.75, 3.05) is 0 Å². The molecule has 2 aromatic rings. The summed E-state index contributed by atoms with van der Waals surface area (Å²) in [4.78, 5) is 41.7. The van der Waals surface area contributed by atoms with Crippen molar-refractivity contribution in [1.82, 2.24) is 0 Å². The first-order valence-corrected chi connectivity index (χ1v) is 9.64. The molecule has 0 aliphatic rings. The van der Waals surface area contributed by atoms with Crippen molar-refractivity contribution in [3.63, 3.8) is 0 Å². The Morgan fingerprint density at radius 1 is 0.533 bits per heavy atom. The lowest BCUT2D eigenvalue weighted by molar-refractivity contribution is -0.138. The number of carboxylic acid groups (broad SMARTS) is 4. The average molecular weight is 418 g/mol. The highest BCUT2D eigenvalue weighted by molar-refractivity contribution is 5.97. The average Bonchev–Trinajstić information content (AvgIpc) is 2.69. The number of carboxylic acids is 4. The van der Waals surface area contributed by atoms with Gasteiger partial charge in [0.15, 0.2) is 0 Å². The first-order valence-electron chi connectivity index (χ1n) is 9.64. The smallest absolute Gasteiger partial charge is 0.335 e. The summed E-state index contributed by atoms with van der Waals surface area (Å²) in [6.45, 7) is 0. The Bertz CT molecular complexity index is 815. The molecule has 0 saturated heterocycles. The fourth-order valence-corrected chi connectivity index (χ4v) is 2.77. The second-order valence-electron chi connectivity index (χ2n) is 6.80. The van der Waals surface area contributed by atoms with E-state index in [4.69, 9.17) is 20.4 Å². The van der Waals surface area contributed by atoms with Crippen LogP contribution in [0.15, 0.2) is 36.4 Å². The van der Waals surface area contributed by atoms with E-state index in [1.165, 1.54) is 24.3 Å². The van der Waals surface area contributed by atoms with E-state index >= 15 is 0 Å². The van der Waals surface area contributed by atoms with Crippen LogP contribution in [0.3, 0.4) is 0 Å². The predicted octanol–water partition coefficient (Wildman–Crippen LogP) is 4.51. The minimum absolute atomic E-state index is 0.190. The van der Waals surface area contributed by atoms with Crippen molar-refractivity contribution in [2.24, 2.45) is 0 Å². The number of benzene rings is 2. The number of unbranched alkanes of at least 4 members (excludes halogenated alkanes) is 5. The van der Waals surface area contributed by atoms with E-state index in [2.05, 4.69) is 0 Å². The molecule has 0 radical (unpaired) electrons. The van der Waals surface area contributed by atoms with Crippen LogP contribution in [-0.2, 0) is 9.59 Å². The molecule has 8 nitrogen and oxygen atoms in total. The molecule has 30 heavy (non-hydrogen) atoms. The van der Waals surface area contributed by atoms with Gasteiger partial charge in [-0.2, -0.15) is 0 Å². The molecule has 0 spiro atoms. The van der Waals surface area contributed by atoms with Gasteiger partial charge in [0.25, 0.3) is 0 Å². The summed E-state index contributed by atoms with van der Waals surface area (Å²) in [6, 6.07) is 9.15. The molecule has 8 heteroatoms. The summed E-state index contributed by atoms with van der Waals surface area (Å²) in [7, 11) is 0. The molecule has 0 heterocycles. The molecular formula is C22H26O8. The third-order valence-electron chi connectivity index (χ3n) is 4.37. The van der Waals surface area contributed by atoms with Crippen LogP contribution in [0.2, 0.25) is 0 Å². The maximum Gasteiger partial charge on any atom is 0.335 e. The van der Waals surface area contributed by atoms with Crippen LogP contribution in [0.1, 0.15) is 72.1 Å². The zero-order chi connectivity index (χ0) is 22.5. The van der Waals surface area contributed by atoms with Crippen molar-refractivity contribution in [1.29, 1.82) is 0 Å². The maximum absolute atomic E-state index is 10.7. The van der Waals surface area contributed by atoms with Crippen molar-refractivity contribution < 1.29 is 39.6 Å². The fraction of sp³-hybridized carbons (Fsp3) is 0.364. The highest BCUT2D eigenvalue weighted by Gasteiger charge is 2.06. The van der Waals surface area contributed by atoms with E-state index in [1.54, 1.807) is 12.1 Å². The molecule has 0 unspecified atom stereocenters. The zero-order valence-corrected chi connectivity index (χ0v) is 16.5. The third kappa shape index (κ3) is 9.68. The molecule has 162 valence electrons. The van der Waals surface area contributed by atoms with Gasteiger partial charge in [-0.15, -0.1) is 0 Å². The molecular weight excluding hydrogens is 392 g/mol. The van der Waals surface area contributed by atoms with Crippen LogP contribution in [0.5, 0.6) is 0 Å². The Balaban J connectivity index is 0.000000304. The quantitative estimate of drug-likeness (QED) is 0.389. The van der Waals surface area contributed by atoms with Gasteiger partial charge in [0, 0.05) is 12.8 Å². The van der Waals surface area contributed by atoms with E-state index < -0.39 is 23.9 Å². The van der Waals surface area contributed by atoms with Gasteiger partial charge in [0.2, 0.25) is 0 Å². The summed E-state index contributed by atoms with van der Waals surface area (Å²) < 4.78 is 0. The topological polar surface area (TPSA) is 149 Å². The Morgan fingerprint density at radius 3 is 1.17 bits per heavy atom. The van der Waals surface area contributed by atoms with Gasteiger partial charge >= 0.3 is 23.9 Å². The largest absolute Gasteiger partial charge is 0.481 e. The van der Waals surface area contributed by atoms with Crippen molar-refractivity contribution in [3.05, 3.63) is 47.5 Å². The summed E-state index contributed by atoms with van der Waals surface area (Å²) in [5, 5.41) is 35.7. The van der Waals surface area contributed by atoms with Crippen LogP contribution in [-0.4, -0.2) is 44.3 Å². The highest BCUT2D eigenvalue weighted by Crippen LogP contribution is 2.18. The van der Waals surface area contributed by atoms with Crippen LogP contribution < -0.4 is 0 Å². The SMILES string of the molecule is O=C(O)CCCCCCCCC(=O)O.O=C(O)c1ccc2cc(C(=O)O)ccc2c1. The van der Waals surface area contributed by atoms with Gasteiger partial charge in [-0.1, -0.05) is 37.8 Å². The fourth-order valence-electron chi connectivity index (χ4n) is 2.77. The number of hydrogen-bond donors (Lipinski definition) is 4. The Labute approximate surface area is 173 Å². The van der Waals surface area contributed by atoms with E-state index in [-0.39, 0.29) is 24.0 Å². The first kappa shape index (κ1) is 24.6. The van der Waals surface area contributed by atoms with E-state index in [1.807, 2.05) is 0 Å². The van der Waals surface area contributed by atoms with Gasteiger partial charge in [-0.05, 0) is 47.9 Å². The number of aliphatic carboxylic acids is 2. The second kappa shape index (κ2) is 12.9. The molecule has 0 atom stereocenters. The zero-order valence-electron chi connectivity index (χ0n) is 16.5. The molecule has 4 N–H and O–H groups in total. The van der Waals surface area contributed by atoms with Crippen LogP contribution in [0, 0.1) is 0 Å². The molecule has 0 aromatic heterocycles. The highest BCUT2D eigenvalue weighted by atomic mass is 16.4. The van der Waals surface area contributed by atoms with E-state index in [9.17, 15) is 19.2 Å². The Hall–Kier alpha value is -3.42. The van der Waals surface area contributed by atoms with Gasteiger partial charge in [-0.3, -0.25) is 9.59 Å². The van der Waals surface area contributed by atoms with Gasteiger partial charge < -0.3 is 20.4 Å². The number of hydrogen-bond acceptors (Lipinski definition) is 4. The molecule has 2 aromatic carbocycles. The van der Waals surface area contributed by atoms with Crippen molar-refractivity contribution in [3.8, 4) is 0 Å². The Morgan fingerprint density at radius 2 is 0.867 bits per heavy atom. The van der Waals surface area contributed by atoms with Crippen LogP contribution >= 0.6 is 0 Å². The standard InChI is InChI=1S/C12H8O4.C10H18O4/c13-11(14)9-3-1-7-5-10(12(15)16)4-2-8(7)6-9;11-9(12)7-5-3-1-2-4-6-8-10(13)14/h1-6H,(H,13,14)(H,15,16);1-8H2,(H,11,12)(H,13,14). The van der Waals surface area contributed by atoms with Gasteiger partial charge in [0.05, 0.1) is 11.1 Å². The minimum Gasteiger partial charge on any atom is -0.481 e. The maximum atomic E-state index is 10.7. The number of fused-ring (bicyclic) bond motifs is 1. The second-order valence-corrected chi connectivity index (χ2v) is 6.80. The summed E-state index contributed by atoms with van der Waals surface area (Å²) in [6.07, 6.45) is 5.82. The predicted molar refractivity (Wildman–Crippen MR) is 110 cm³/mol.